The highest BCUT2D eigenvalue weighted by atomic mass is 32.2. The monoisotopic (exact) mass is 306 g/mol. The van der Waals surface area contributed by atoms with Crippen molar-refractivity contribution in [1.82, 2.24) is 0 Å². The highest BCUT2D eigenvalue weighted by Gasteiger charge is 2.20. The Hall–Kier alpha value is -2.05. The Balaban J connectivity index is 2.62. The van der Waals surface area contributed by atoms with Gasteiger partial charge in [0.05, 0.1) is 16.3 Å². The molecule has 2 aromatic rings. The fourth-order valence-corrected chi connectivity index (χ4v) is 2.98. The summed E-state index contributed by atoms with van der Waals surface area (Å²) >= 11 is 0. The van der Waals surface area contributed by atoms with Crippen LogP contribution in [0.4, 0.5) is 11.4 Å². The van der Waals surface area contributed by atoms with Crippen LogP contribution in [0.3, 0.4) is 0 Å². The van der Waals surface area contributed by atoms with E-state index in [1.165, 1.54) is 6.07 Å². The van der Waals surface area contributed by atoms with Gasteiger partial charge in [-0.15, -0.1) is 0 Å². The van der Waals surface area contributed by atoms with Gasteiger partial charge in [-0.25, -0.2) is 0 Å². The largest absolute Gasteiger partial charge is 0.397 e. The van der Waals surface area contributed by atoms with Gasteiger partial charge in [0.1, 0.15) is 0 Å². The zero-order valence-corrected chi connectivity index (χ0v) is 12.8. The van der Waals surface area contributed by atoms with Crippen LogP contribution < -0.4 is 10.6 Å². The first-order valence-corrected chi connectivity index (χ1v) is 7.85. The second kappa shape index (κ2) is 5.75. The van der Waals surface area contributed by atoms with Gasteiger partial charge >= 0.3 is 0 Å². The molecule has 0 amide bonds. The fraction of sp³-hybridized carbons (Fsp3) is 0.200. The summed E-state index contributed by atoms with van der Waals surface area (Å²) in [5.41, 5.74) is 8.52. The van der Waals surface area contributed by atoms with Crippen molar-refractivity contribution in [3.05, 3.63) is 53.6 Å². The molecule has 0 spiro atoms. The molecule has 0 radical (unpaired) electrons. The van der Waals surface area contributed by atoms with Gasteiger partial charge in [0.2, 0.25) is 0 Å². The van der Waals surface area contributed by atoms with Crippen LogP contribution >= 0.6 is 0 Å². The van der Waals surface area contributed by atoms with Crippen molar-refractivity contribution in [3.63, 3.8) is 0 Å². The van der Waals surface area contributed by atoms with Crippen molar-refractivity contribution in [2.45, 2.75) is 11.3 Å². The molecule has 3 N–H and O–H groups in total. The number of hydrogen-bond donors (Lipinski definition) is 2. The molecule has 5 nitrogen and oxygen atoms in total. The molecular formula is C15H18N2O3S. The molecule has 0 saturated carbocycles. The van der Waals surface area contributed by atoms with E-state index in [0.717, 1.165) is 5.56 Å². The molecule has 2 rings (SSSR count). The molecule has 2 aromatic carbocycles. The van der Waals surface area contributed by atoms with Crippen LogP contribution in [-0.4, -0.2) is 27.1 Å². The lowest BCUT2D eigenvalue weighted by atomic mass is 10.0. The number of nitrogens with two attached hydrogens (primary N) is 1. The first-order valence-electron chi connectivity index (χ1n) is 6.41. The number of anilines is 2. The van der Waals surface area contributed by atoms with E-state index in [1.807, 2.05) is 44.4 Å². The molecule has 0 aliphatic heterocycles. The summed E-state index contributed by atoms with van der Waals surface area (Å²) in [5.74, 6) is 0. The summed E-state index contributed by atoms with van der Waals surface area (Å²) in [6.07, 6.45) is 0.337. The fourth-order valence-electron chi connectivity index (χ4n) is 2.25. The molecule has 0 aliphatic carbocycles. The van der Waals surface area contributed by atoms with Crippen molar-refractivity contribution in [2.24, 2.45) is 0 Å². The highest BCUT2D eigenvalue weighted by molar-refractivity contribution is 7.85. The lowest BCUT2D eigenvalue weighted by Crippen LogP contribution is -2.15. The van der Waals surface area contributed by atoms with E-state index in [0.29, 0.717) is 23.4 Å². The van der Waals surface area contributed by atoms with Gasteiger partial charge in [-0.2, -0.15) is 8.42 Å². The van der Waals surface area contributed by atoms with Gasteiger partial charge in [-0.05, 0) is 17.7 Å². The first kappa shape index (κ1) is 15.3. The lowest BCUT2D eigenvalue weighted by Gasteiger charge is -2.19. The Morgan fingerprint density at radius 1 is 1.10 bits per heavy atom. The van der Waals surface area contributed by atoms with E-state index >= 15 is 0 Å². The minimum atomic E-state index is -4.32. The predicted molar refractivity (Wildman–Crippen MR) is 84.2 cm³/mol. The summed E-state index contributed by atoms with van der Waals surface area (Å²) in [5, 5.41) is 0. The Morgan fingerprint density at radius 2 is 1.71 bits per heavy atom. The zero-order chi connectivity index (χ0) is 15.6. The van der Waals surface area contributed by atoms with Gasteiger partial charge in [0.25, 0.3) is 10.1 Å². The molecule has 0 atom stereocenters. The molecule has 0 saturated heterocycles. The van der Waals surface area contributed by atoms with Crippen LogP contribution in [-0.2, 0) is 16.5 Å². The van der Waals surface area contributed by atoms with Crippen LogP contribution in [0.25, 0.3) is 0 Å². The number of hydrogen-bond acceptors (Lipinski definition) is 4. The van der Waals surface area contributed by atoms with Crippen molar-refractivity contribution < 1.29 is 13.0 Å². The van der Waals surface area contributed by atoms with E-state index in [9.17, 15) is 13.0 Å². The van der Waals surface area contributed by atoms with Crippen LogP contribution in [0.1, 0.15) is 11.1 Å². The van der Waals surface area contributed by atoms with Gasteiger partial charge in [0, 0.05) is 26.1 Å². The van der Waals surface area contributed by atoms with Gasteiger partial charge in [-0.1, -0.05) is 30.3 Å². The Kier molecular flexibility index (Phi) is 4.20. The summed E-state index contributed by atoms with van der Waals surface area (Å²) < 4.78 is 32.5. The van der Waals surface area contributed by atoms with Crippen LogP contribution in [0.15, 0.2) is 47.4 Å². The molecular weight excluding hydrogens is 288 g/mol. The molecule has 0 fully saturated rings. The van der Waals surface area contributed by atoms with Crippen molar-refractivity contribution in [2.75, 3.05) is 24.7 Å². The third-order valence-electron chi connectivity index (χ3n) is 3.27. The maximum Gasteiger partial charge on any atom is 0.294 e. The Labute approximate surface area is 124 Å². The number of rotatable bonds is 4. The first-order chi connectivity index (χ1) is 9.80. The molecule has 0 unspecified atom stereocenters. The van der Waals surface area contributed by atoms with E-state index in [1.54, 1.807) is 11.0 Å². The van der Waals surface area contributed by atoms with Crippen molar-refractivity contribution >= 4 is 21.5 Å². The molecule has 21 heavy (non-hydrogen) atoms. The van der Waals surface area contributed by atoms with Gasteiger partial charge in [0.15, 0.2) is 0 Å². The number of nitrogen functional groups attached to an aromatic ring is 1. The quantitative estimate of drug-likeness (QED) is 0.668. The lowest BCUT2D eigenvalue weighted by molar-refractivity contribution is 0.482. The van der Waals surface area contributed by atoms with Crippen molar-refractivity contribution in [3.8, 4) is 0 Å². The van der Waals surface area contributed by atoms with E-state index in [4.69, 9.17) is 5.73 Å². The molecule has 6 heteroatoms. The maximum absolute atomic E-state index is 11.6. The van der Waals surface area contributed by atoms with E-state index in [-0.39, 0.29) is 4.90 Å². The average molecular weight is 306 g/mol. The normalized spacial score (nSPS) is 11.4. The Morgan fingerprint density at radius 3 is 2.24 bits per heavy atom. The molecule has 0 heterocycles. The summed E-state index contributed by atoms with van der Waals surface area (Å²) in [6, 6.07) is 12.4. The van der Waals surface area contributed by atoms with E-state index in [2.05, 4.69) is 0 Å². The highest BCUT2D eigenvalue weighted by Crippen LogP contribution is 2.32. The molecule has 0 aromatic heterocycles. The zero-order valence-electron chi connectivity index (χ0n) is 11.9. The Bertz CT molecular complexity index is 741. The average Bonchev–Trinajstić information content (AvgIpc) is 2.40. The molecule has 0 bridgehead atoms. The smallest absolute Gasteiger partial charge is 0.294 e. The second-order valence-corrected chi connectivity index (χ2v) is 6.40. The minimum Gasteiger partial charge on any atom is -0.397 e. The van der Waals surface area contributed by atoms with Crippen LogP contribution in [0, 0.1) is 0 Å². The van der Waals surface area contributed by atoms with Gasteiger partial charge in [-0.3, -0.25) is 4.55 Å². The number of benzene rings is 2. The summed E-state index contributed by atoms with van der Waals surface area (Å²) in [4.78, 5) is 1.66. The topological polar surface area (TPSA) is 83.6 Å². The predicted octanol–water partition coefficient (Wildman–Crippen LogP) is 2.17. The molecule has 112 valence electrons. The summed E-state index contributed by atoms with van der Waals surface area (Å²) in [7, 11) is -0.668. The number of nitrogens with zero attached hydrogens (tertiary/aromatic N) is 1. The maximum atomic E-state index is 11.6. The van der Waals surface area contributed by atoms with Crippen molar-refractivity contribution in [1.29, 1.82) is 0 Å². The van der Waals surface area contributed by atoms with Crippen LogP contribution in [0.5, 0.6) is 0 Å². The SMILES string of the molecule is CN(C)c1ccc(S(=O)(=O)O)c(Cc2ccccc2)c1N. The minimum absolute atomic E-state index is 0.144. The third kappa shape index (κ3) is 3.34. The standard InChI is InChI=1S/C15H18N2O3S/c1-17(2)13-8-9-14(21(18,19)20)12(15(13)16)10-11-6-4-3-5-7-11/h3-9H,10,16H2,1-2H3,(H,18,19,20). The van der Waals surface area contributed by atoms with E-state index < -0.39 is 10.1 Å². The third-order valence-corrected chi connectivity index (χ3v) is 4.21. The molecule has 0 aliphatic rings. The summed E-state index contributed by atoms with van der Waals surface area (Å²) in [6.45, 7) is 0. The van der Waals surface area contributed by atoms with Crippen LogP contribution in [0.2, 0.25) is 0 Å². The second-order valence-electron chi connectivity index (χ2n) is 5.01. The van der Waals surface area contributed by atoms with Gasteiger partial charge < -0.3 is 10.6 Å².